The summed E-state index contributed by atoms with van der Waals surface area (Å²) >= 11 is 0. The third-order valence-electron chi connectivity index (χ3n) is 5.11. The molecule has 3 rings (SSSR count). The summed E-state index contributed by atoms with van der Waals surface area (Å²) in [6.45, 7) is 6.46. The molecule has 0 spiro atoms. The average molecular weight is 341 g/mol. The van der Waals surface area contributed by atoms with E-state index in [1.165, 1.54) is 4.68 Å². The molecule has 0 saturated carbocycles. The topological polar surface area (TPSA) is 55.2 Å². The second-order valence-corrected chi connectivity index (χ2v) is 7.10. The first kappa shape index (κ1) is 17.6. The summed E-state index contributed by atoms with van der Waals surface area (Å²) in [6.07, 6.45) is 5.09. The number of aromatic nitrogens is 2. The van der Waals surface area contributed by atoms with Crippen LogP contribution in [0.2, 0.25) is 0 Å². The Balaban J connectivity index is 1.99. The Morgan fingerprint density at radius 2 is 1.84 bits per heavy atom. The van der Waals surface area contributed by atoms with Crippen molar-refractivity contribution in [2.75, 3.05) is 13.1 Å². The van der Waals surface area contributed by atoms with Gasteiger partial charge in [0.1, 0.15) is 0 Å². The van der Waals surface area contributed by atoms with E-state index in [0.29, 0.717) is 28.9 Å². The molecule has 1 saturated heterocycles. The molecule has 0 aliphatic carbocycles. The zero-order chi connectivity index (χ0) is 17.8. The van der Waals surface area contributed by atoms with Crippen molar-refractivity contribution in [3.63, 3.8) is 0 Å². The van der Waals surface area contributed by atoms with Crippen LogP contribution < -0.4 is 5.56 Å². The van der Waals surface area contributed by atoms with Crippen molar-refractivity contribution in [1.82, 2.24) is 14.7 Å². The second kappa shape index (κ2) is 7.81. The number of likely N-dealkylation sites (tertiary alicyclic amines) is 1. The third kappa shape index (κ3) is 3.75. The summed E-state index contributed by atoms with van der Waals surface area (Å²) in [5.74, 6) is 0.615. The Hall–Kier alpha value is -2.17. The van der Waals surface area contributed by atoms with Crippen LogP contribution in [-0.4, -0.2) is 33.7 Å². The van der Waals surface area contributed by atoms with E-state index < -0.39 is 0 Å². The molecule has 1 fully saturated rings. The highest BCUT2D eigenvalue weighted by atomic mass is 16.2. The lowest BCUT2D eigenvalue weighted by atomic mass is 9.99. The zero-order valence-corrected chi connectivity index (χ0v) is 15.2. The molecule has 2 heterocycles. The van der Waals surface area contributed by atoms with Crippen molar-refractivity contribution < 1.29 is 4.79 Å². The van der Waals surface area contributed by atoms with Crippen molar-refractivity contribution in [3.8, 4) is 0 Å². The number of fused-ring (bicyclic) bond motifs is 1. The fourth-order valence-electron chi connectivity index (χ4n) is 3.42. The zero-order valence-electron chi connectivity index (χ0n) is 15.2. The first-order chi connectivity index (χ1) is 12.1. The maximum atomic E-state index is 13.1. The molecule has 0 radical (unpaired) electrons. The van der Waals surface area contributed by atoms with Crippen LogP contribution in [0.1, 0.15) is 56.4 Å². The van der Waals surface area contributed by atoms with Gasteiger partial charge in [-0.25, -0.2) is 4.68 Å². The van der Waals surface area contributed by atoms with Crippen LogP contribution in [0, 0.1) is 5.92 Å². The van der Waals surface area contributed by atoms with E-state index in [4.69, 9.17) is 0 Å². The largest absolute Gasteiger partial charge is 0.337 e. The van der Waals surface area contributed by atoms with Crippen LogP contribution in [0.25, 0.3) is 10.8 Å². The standard InChI is InChI=1S/C20H27N3O2/c1-3-4-7-12-23-19(24)17-9-6-5-8-16(17)18(21-23)20(25)22-13-10-15(2)11-14-22/h5-6,8-9,15H,3-4,7,10-14H2,1-2H3. The number of carbonyl (C=O) groups excluding carboxylic acids is 1. The van der Waals surface area contributed by atoms with Gasteiger partial charge in [0.15, 0.2) is 5.69 Å². The van der Waals surface area contributed by atoms with Gasteiger partial charge < -0.3 is 4.90 Å². The Bertz CT molecular complexity index is 804. The lowest BCUT2D eigenvalue weighted by Gasteiger charge is -2.30. The number of amides is 1. The number of hydrogen-bond acceptors (Lipinski definition) is 3. The highest BCUT2D eigenvalue weighted by Crippen LogP contribution is 2.20. The van der Waals surface area contributed by atoms with Gasteiger partial charge in [-0.2, -0.15) is 5.10 Å². The minimum Gasteiger partial charge on any atom is -0.337 e. The van der Waals surface area contributed by atoms with Crippen molar-refractivity contribution >= 4 is 16.7 Å². The average Bonchev–Trinajstić information content (AvgIpc) is 2.64. The monoisotopic (exact) mass is 341 g/mol. The number of benzene rings is 1. The van der Waals surface area contributed by atoms with Crippen LogP contribution in [0.4, 0.5) is 0 Å². The van der Waals surface area contributed by atoms with Gasteiger partial charge in [-0.1, -0.05) is 44.9 Å². The maximum Gasteiger partial charge on any atom is 0.274 e. The van der Waals surface area contributed by atoms with Crippen molar-refractivity contribution in [2.45, 2.75) is 52.5 Å². The molecule has 1 amide bonds. The molecule has 134 valence electrons. The van der Waals surface area contributed by atoms with E-state index in [1.807, 2.05) is 23.1 Å². The molecule has 5 heteroatoms. The van der Waals surface area contributed by atoms with E-state index in [-0.39, 0.29) is 11.5 Å². The summed E-state index contributed by atoms with van der Waals surface area (Å²) in [5, 5.41) is 5.73. The Kier molecular flexibility index (Phi) is 5.51. The molecule has 0 unspecified atom stereocenters. The summed E-state index contributed by atoms with van der Waals surface area (Å²) < 4.78 is 1.48. The molecule has 0 bridgehead atoms. The molecule has 0 N–H and O–H groups in total. The molecule has 1 aromatic carbocycles. The van der Waals surface area contributed by atoms with Gasteiger partial charge in [0, 0.05) is 25.0 Å². The van der Waals surface area contributed by atoms with Gasteiger partial charge in [-0.15, -0.1) is 0 Å². The summed E-state index contributed by atoms with van der Waals surface area (Å²) in [4.78, 5) is 27.6. The molecule has 1 aliphatic heterocycles. The number of rotatable bonds is 5. The quantitative estimate of drug-likeness (QED) is 0.783. The summed E-state index contributed by atoms with van der Waals surface area (Å²) in [5.41, 5.74) is 0.316. The van der Waals surface area contributed by atoms with Gasteiger partial charge in [0.05, 0.1) is 5.39 Å². The Morgan fingerprint density at radius 3 is 2.52 bits per heavy atom. The van der Waals surface area contributed by atoms with Gasteiger partial charge in [-0.05, 0) is 31.2 Å². The molecule has 5 nitrogen and oxygen atoms in total. The number of carbonyl (C=O) groups is 1. The molecule has 0 atom stereocenters. The van der Waals surface area contributed by atoms with Crippen LogP contribution >= 0.6 is 0 Å². The molecule has 1 aliphatic rings. The smallest absolute Gasteiger partial charge is 0.274 e. The Morgan fingerprint density at radius 1 is 1.16 bits per heavy atom. The van der Waals surface area contributed by atoms with Crippen molar-refractivity contribution in [2.24, 2.45) is 5.92 Å². The van der Waals surface area contributed by atoms with Gasteiger partial charge in [-0.3, -0.25) is 9.59 Å². The number of aryl methyl sites for hydroxylation is 1. The van der Waals surface area contributed by atoms with Crippen LogP contribution in [-0.2, 0) is 6.54 Å². The van der Waals surface area contributed by atoms with E-state index in [9.17, 15) is 9.59 Å². The lowest BCUT2D eigenvalue weighted by molar-refractivity contribution is 0.0690. The molecule has 2 aromatic rings. The minimum absolute atomic E-state index is 0.0488. The maximum absolute atomic E-state index is 13.1. The minimum atomic E-state index is -0.101. The van der Waals surface area contributed by atoms with E-state index in [0.717, 1.165) is 45.2 Å². The normalized spacial score (nSPS) is 15.7. The van der Waals surface area contributed by atoms with E-state index >= 15 is 0 Å². The number of nitrogens with zero attached hydrogens (tertiary/aromatic N) is 3. The van der Waals surface area contributed by atoms with Crippen LogP contribution in [0.3, 0.4) is 0 Å². The fraction of sp³-hybridized carbons (Fsp3) is 0.550. The first-order valence-corrected chi connectivity index (χ1v) is 9.41. The molecule has 1 aromatic heterocycles. The molecular weight excluding hydrogens is 314 g/mol. The highest BCUT2D eigenvalue weighted by Gasteiger charge is 2.25. The van der Waals surface area contributed by atoms with Crippen molar-refractivity contribution in [1.29, 1.82) is 0 Å². The molecule has 25 heavy (non-hydrogen) atoms. The van der Waals surface area contributed by atoms with Gasteiger partial charge in [0.25, 0.3) is 11.5 Å². The SMILES string of the molecule is CCCCCn1nc(C(=O)N2CCC(C)CC2)c2ccccc2c1=O. The predicted octanol–water partition coefficient (Wildman–Crippen LogP) is 3.46. The Labute approximate surface area is 148 Å². The van der Waals surface area contributed by atoms with Crippen molar-refractivity contribution in [3.05, 3.63) is 40.3 Å². The molecular formula is C20H27N3O2. The lowest BCUT2D eigenvalue weighted by Crippen LogP contribution is -2.39. The third-order valence-corrected chi connectivity index (χ3v) is 5.11. The highest BCUT2D eigenvalue weighted by molar-refractivity contribution is 6.04. The summed E-state index contributed by atoms with van der Waals surface area (Å²) in [7, 11) is 0. The van der Waals surface area contributed by atoms with Crippen LogP contribution in [0.15, 0.2) is 29.1 Å². The predicted molar refractivity (Wildman–Crippen MR) is 99.8 cm³/mol. The first-order valence-electron chi connectivity index (χ1n) is 9.41. The van der Waals surface area contributed by atoms with Gasteiger partial charge in [0.2, 0.25) is 0 Å². The number of hydrogen-bond donors (Lipinski definition) is 0. The van der Waals surface area contributed by atoms with E-state index in [1.54, 1.807) is 6.07 Å². The van der Waals surface area contributed by atoms with Crippen LogP contribution in [0.5, 0.6) is 0 Å². The summed E-state index contributed by atoms with van der Waals surface area (Å²) in [6, 6.07) is 7.33. The number of piperidine rings is 1. The second-order valence-electron chi connectivity index (χ2n) is 7.10. The fourth-order valence-corrected chi connectivity index (χ4v) is 3.42. The van der Waals surface area contributed by atoms with E-state index in [2.05, 4.69) is 18.9 Å². The van der Waals surface area contributed by atoms with Gasteiger partial charge >= 0.3 is 0 Å². The number of unbranched alkanes of at least 4 members (excludes halogenated alkanes) is 2.